The van der Waals surface area contributed by atoms with E-state index in [-0.39, 0.29) is 12.3 Å². The Balaban J connectivity index is 2.32. The molecule has 0 aliphatic rings. The summed E-state index contributed by atoms with van der Waals surface area (Å²) < 4.78 is 12.9. The lowest BCUT2D eigenvalue weighted by Crippen LogP contribution is -2.43. The fraction of sp³-hybridized carbons (Fsp3) is 0.562. The molecule has 116 valence electrons. The highest BCUT2D eigenvalue weighted by molar-refractivity contribution is 5.82. The van der Waals surface area contributed by atoms with Gasteiger partial charge < -0.3 is 14.8 Å². The zero-order valence-electron chi connectivity index (χ0n) is 13.3. The molecule has 0 amide bonds. The zero-order valence-corrected chi connectivity index (χ0v) is 13.3. The number of hydrogen-bond donors (Lipinski definition) is 1. The van der Waals surface area contributed by atoms with Crippen molar-refractivity contribution in [3.63, 3.8) is 0 Å². The fourth-order valence-corrected chi connectivity index (χ4v) is 2.75. The zero-order chi connectivity index (χ0) is 15.2. The standard InChI is InChI=1S/C16H25N3O2/c1-5-17-14(16(20-3)21-4)11-13-12-9-7-8-10-15(12)19(6-2)18-13/h7-10,14,16-17H,5-6,11H2,1-4H3. The van der Waals surface area contributed by atoms with Gasteiger partial charge in [0.05, 0.1) is 17.3 Å². The summed E-state index contributed by atoms with van der Waals surface area (Å²) in [6.45, 7) is 5.92. The van der Waals surface area contributed by atoms with Gasteiger partial charge in [-0.1, -0.05) is 25.1 Å². The minimum Gasteiger partial charge on any atom is -0.354 e. The molecule has 1 heterocycles. The smallest absolute Gasteiger partial charge is 0.172 e. The van der Waals surface area contributed by atoms with Gasteiger partial charge >= 0.3 is 0 Å². The average molecular weight is 291 g/mol. The maximum Gasteiger partial charge on any atom is 0.172 e. The minimum absolute atomic E-state index is 0.0774. The maximum atomic E-state index is 5.41. The number of ether oxygens (including phenoxy) is 2. The molecule has 21 heavy (non-hydrogen) atoms. The molecular formula is C16H25N3O2. The molecule has 0 fully saturated rings. The lowest BCUT2D eigenvalue weighted by Gasteiger charge is -2.24. The molecule has 1 unspecified atom stereocenters. The van der Waals surface area contributed by atoms with Crippen molar-refractivity contribution in [3.8, 4) is 0 Å². The third kappa shape index (κ3) is 3.43. The van der Waals surface area contributed by atoms with Crippen LogP contribution in [0.25, 0.3) is 10.9 Å². The number of likely N-dealkylation sites (N-methyl/N-ethyl adjacent to an activating group) is 1. The molecule has 5 heteroatoms. The average Bonchev–Trinajstić information content (AvgIpc) is 2.87. The molecule has 0 saturated heterocycles. The second kappa shape index (κ2) is 7.54. The summed E-state index contributed by atoms with van der Waals surface area (Å²) in [7, 11) is 3.34. The Morgan fingerprint density at radius 3 is 2.52 bits per heavy atom. The van der Waals surface area contributed by atoms with Crippen LogP contribution in [-0.4, -0.2) is 42.9 Å². The predicted octanol–water partition coefficient (Wildman–Crippen LogP) is 2.20. The van der Waals surface area contributed by atoms with Crippen LogP contribution in [0.2, 0.25) is 0 Å². The van der Waals surface area contributed by atoms with Crippen LogP contribution in [0.15, 0.2) is 24.3 Å². The van der Waals surface area contributed by atoms with Gasteiger partial charge in [-0.05, 0) is 19.5 Å². The van der Waals surface area contributed by atoms with E-state index in [9.17, 15) is 0 Å². The number of methoxy groups -OCH3 is 2. The summed E-state index contributed by atoms with van der Waals surface area (Å²) in [5.41, 5.74) is 2.26. The summed E-state index contributed by atoms with van der Waals surface area (Å²) >= 11 is 0. The van der Waals surface area contributed by atoms with Crippen LogP contribution < -0.4 is 5.32 Å². The van der Waals surface area contributed by atoms with Crippen LogP contribution in [0.4, 0.5) is 0 Å². The number of aryl methyl sites for hydroxylation is 1. The lowest BCUT2D eigenvalue weighted by molar-refractivity contribution is -0.122. The monoisotopic (exact) mass is 291 g/mol. The van der Waals surface area contributed by atoms with E-state index >= 15 is 0 Å². The molecule has 1 aromatic heterocycles. The highest BCUT2D eigenvalue weighted by Gasteiger charge is 2.23. The molecule has 5 nitrogen and oxygen atoms in total. The largest absolute Gasteiger partial charge is 0.354 e. The molecule has 2 rings (SSSR count). The normalized spacial score (nSPS) is 13.2. The topological polar surface area (TPSA) is 48.3 Å². The van der Waals surface area contributed by atoms with Gasteiger partial charge in [-0.15, -0.1) is 0 Å². The van der Waals surface area contributed by atoms with E-state index < -0.39 is 0 Å². The van der Waals surface area contributed by atoms with Gasteiger partial charge in [0.15, 0.2) is 6.29 Å². The first-order valence-electron chi connectivity index (χ1n) is 7.48. The van der Waals surface area contributed by atoms with E-state index in [1.54, 1.807) is 14.2 Å². The summed E-state index contributed by atoms with van der Waals surface area (Å²) in [4.78, 5) is 0. The Kier molecular flexibility index (Phi) is 5.73. The molecule has 0 aliphatic heterocycles. The predicted molar refractivity (Wildman–Crippen MR) is 84.4 cm³/mol. The van der Waals surface area contributed by atoms with Gasteiger partial charge in [-0.2, -0.15) is 5.10 Å². The van der Waals surface area contributed by atoms with Crippen molar-refractivity contribution in [2.24, 2.45) is 0 Å². The van der Waals surface area contributed by atoms with Crippen molar-refractivity contribution in [2.45, 2.75) is 39.1 Å². The number of para-hydroxylation sites is 1. The van der Waals surface area contributed by atoms with E-state index in [0.717, 1.165) is 25.2 Å². The summed E-state index contributed by atoms with van der Waals surface area (Å²) in [5.74, 6) is 0. The first-order valence-corrected chi connectivity index (χ1v) is 7.48. The summed E-state index contributed by atoms with van der Waals surface area (Å²) in [5, 5.41) is 9.37. The Labute approximate surface area is 126 Å². The molecule has 0 bridgehead atoms. The van der Waals surface area contributed by atoms with Gasteiger partial charge in [0.1, 0.15) is 0 Å². The number of nitrogens with one attached hydrogen (secondary N) is 1. The van der Waals surface area contributed by atoms with E-state index in [4.69, 9.17) is 14.6 Å². The molecular weight excluding hydrogens is 266 g/mol. The van der Waals surface area contributed by atoms with E-state index in [2.05, 4.69) is 43.4 Å². The fourth-order valence-electron chi connectivity index (χ4n) is 2.75. The van der Waals surface area contributed by atoms with E-state index in [0.29, 0.717) is 0 Å². The first kappa shape index (κ1) is 15.9. The van der Waals surface area contributed by atoms with Crippen LogP contribution in [0.5, 0.6) is 0 Å². The Morgan fingerprint density at radius 1 is 1.19 bits per heavy atom. The van der Waals surface area contributed by atoms with Gasteiger partial charge in [-0.3, -0.25) is 4.68 Å². The van der Waals surface area contributed by atoms with Crippen LogP contribution in [-0.2, 0) is 22.4 Å². The third-order valence-corrected chi connectivity index (χ3v) is 3.71. The van der Waals surface area contributed by atoms with Crippen molar-refractivity contribution in [1.29, 1.82) is 0 Å². The quantitative estimate of drug-likeness (QED) is 0.758. The number of hydrogen-bond acceptors (Lipinski definition) is 4. The second-order valence-corrected chi connectivity index (χ2v) is 4.99. The molecule has 1 aromatic carbocycles. The van der Waals surface area contributed by atoms with Crippen molar-refractivity contribution in [2.75, 3.05) is 20.8 Å². The van der Waals surface area contributed by atoms with E-state index in [1.165, 1.54) is 10.9 Å². The van der Waals surface area contributed by atoms with E-state index in [1.807, 2.05) is 4.68 Å². The Morgan fingerprint density at radius 2 is 1.90 bits per heavy atom. The van der Waals surface area contributed by atoms with Gasteiger partial charge in [0.2, 0.25) is 0 Å². The molecule has 1 atom stereocenters. The van der Waals surface area contributed by atoms with Crippen molar-refractivity contribution < 1.29 is 9.47 Å². The highest BCUT2D eigenvalue weighted by atomic mass is 16.7. The molecule has 1 N–H and O–H groups in total. The first-order chi connectivity index (χ1) is 10.2. The Bertz CT molecular complexity index is 564. The van der Waals surface area contributed by atoms with Crippen molar-refractivity contribution >= 4 is 10.9 Å². The molecule has 0 spiro atoms. The van der Waals surface area contributed by atoms with Crippen LogP contribution in [0.3, 0.4) is 0 Å². The SMILES string of the molecule is CCNC(Cc1nn(CC)c2ccccc12)C(OC)OC. The highest BCUT2D eigenvalue weighted by Crippen LogP contribution is 2.20. The van der Waals surface area contributed by atoms with Gasteiger partial charge in [0, 0.05) is 32.6 Å². The summed E-state index contributed by atoms with van der Waals surface area (Å²) in [6, 6.07) is 8.42. The number of aromatic nitrogens is 2. The van der Waals surface area contributed by atoms with Gasteiger partial charge in [0.25, 0.3) is 0 Å². The molecule has 0 saturated carbocycles. The maximum absolute atomic E-state index is 5.41. The third-order valence-electron chi connectivity index (χ3n) is 3.71. The van der Waals surface area contributed by atoms with Crippen molar-refractivity contribution in [1.82, 2.24) is 15.1 Å². The van der Waals surface area contributed by atoms with Crippen LogP contribution in [0.1, 0.15) is 19.5 Å². The van der Waals surface area contributed by atoms with Crippen molar-refractivity contribution in [3.05, 3.63) is 30.0 Å². The molecule has 2 aromatic rings. The number of nitrogens with zero attached hydrogens (tertiary/aromatic N) is 2. The second-order valence-electron chi connectivity index (χ2n) is 4.99. The van der Waals surface area contributed by atoms with Crippen LogP contribution >= 0.6 is 0 Å². The number of fused-ring (bicyclic) bond motifs is 1. The number of benzene rings is 1. The van der Waals surface area contributed by atoms with Crippen LogP contribution in [0, 0.1) is 0 Å². The molecule has 0 aliphatic carbocycles. The minimum atomic E-state index is -0.282. The molecule has 0 radical (unpaired) electrons. The van der Waals surface area contributed by atoms with Gasteiger partial charge in [-0.25, -0.2) is 0 Å². The Hall–Kier alpha value is -1.43. The lowest BCUT2D eigenvalue weighted by atomic mass is 10.1. The number of rotatable bonds is 8. The summed E-state index contributed by atoms with van der Waals surface area (Å²) in [6.07, 6.45) is 0.490.